The summed E-state index contributed by atoms with van der Waals surface area (Å²) in [5.41, 5.74) is -0.172. The third-order valence-corrected chi connectivity index (χ3v) is 5.14. The molecule has 0 amide bonds. The third kappa shape index (κ3) is 4.35. The van der Waals surface area contributed by atoms with E-state index in [1.54, 1.807) is 0 Å². The number of anilines is 1. The number of hydrogen-bond acceptors (Lipinski definition) is 4. The van der Waals surface area contributed by atoms with Crippen molar-refractivity contribution in [2.75, 3.05) is 10.5 Å². The number of hydrogen-bond donors (Lipinski definition) is 3. The molecular formula is C14H19NO5S. The molecular weight excluding hydrogens is 294 g/mol. The van der Waals surface area contributed by atoms with Crippen LogP contribution in [-0.4, -0.2) is 30.4 Å². The van der Waals surface area contributed by atoms with Crippen LogP contribution in [0.15, 0.2) is 18.2 Å². The number of aromatic hydroxyl groups is 1. The number of carbonyl (C=O) groups is 1. The van der Waals surface area contributed by atoms with Crippen LogP contribution in [0.2, 0.25) is 0 Å². The molecule has 0 bridgehead atoms. The van der Waals surface area contributed by atoms with Gasteiger partial charge in [0, 0.05) is 5.69 Å². The maximum Gasteiger partial charge on any atom is 0.339 e. The molecule has 21 heavy (non-hydrogen) atoms. The van der Waals surface area contributed by atoms with E-state index < -0.39 is 21.7 Å². The second-order valence-corrected chi connectivity index (χ2v) is 7.19. The van der Waals surface area contributed by atoms with Gasteiger partial charge in [-0.1, -0.05) is 19.3 Å². The lowest BCUT2D eigenvalue weighted by Crippen LogP contribution is -2.24. The normalized spacial score (nSPS) is 16.6. The van der Waals surface area contributed by atoms with Crippen LogP contribution in [0.3, 0.4) is 0 Å². The summed E-state index contributed by atoms with van der Waals surface area (Å²) in [6.45, 7) is 0. The van der Waals surface area contributed by atoms with Crippen molar-refractivity contribution in [3.05, 3.63) is 23.8 Å². The summed E-state index contributed by atoms with van der Waals surface area (Å²) < 4.78 is 26.6. The molecule has 6 nitrogen and oxygen atoms in total. The molecule has 3 N–H and O–H groups in total. The van der Waals surface area contributed by atoms with E-state index in [0.717, 1.165) is 38.2 Å². The SMILES string of the molecule is O=C(O)c1cc(NS(=O)(=O)CC2CCCCC2)ccc1O. The van der Waals surface area contributed by atoms with E-state index >= 15 is 0 Å². The molecule has 2 rings (SSSR count). The zero-order valence-electron chi connectivity index (χ0n) is 11.6. The van der Waals surface area contributed by atoms with Crippen LogP contribution in [0.5, 0.6) is 5.75 Å². The van der Waals surface area contributed by atoms with Gasteiger partial charge in [0.25, 0.3) is 0 Å². The van der Waals surface area contributed by atoms with Gasteiger partial charge in [-0.3, -0.25) is 4.72 Å². The molecule has 1 aromatic rings. The van der Waals surface area contributed by atoms with Crippen LogP contribution in [-0.2, 0) is 10.0 Å². The molecule has 1 fully saturated rings. The number of nitrogens with one attached hydrogen (secondary N) is 1. The van der Waals surface area contributed by atoms with Crippen molar-refractivity contribution in [1.82, 2.24) is 0 Å². The zero-order valence-corrected chi connectivity index (χ0v) is 12.4. The van der Waals surface area contributed by atoms with Gasteiger partial charge in [-0.15, -0.1) is 0 Å². The van der Waals surface area contributed by atoms with Crippen molar-refractivity contribution in [1.29, 1.82) is 0 Å². The Morgan fingerprint density at radius 1 is 1.24 bits per heavy atom. The number of sulfonamides is 1. The Morgan fingerprint density at radius 2 is 1.90 bits per heavy atom. The van der Waals surface area contributed by atoms with Gasteiger partial charge >= 0.3 is 5.97 Å². The van der Waals surface area contributed by atoms with Gasteiger partial charge in [0.05, 0.1) is 5.75 Å². The Hall–Kier alpha value is -1.76. The van der Waals surface area contributed by atoms with E-state index in [1.165, 1.54) is 12.1 Å². The van der Waals surface area contributed by atoms with Crippen LogP contribution in [0.4, 0.5) is 5.69 Å². The first-order valence-electron chi connectivity index (χ1n) is 6.94. The second-order valence-electron chi connectivity index (χ2n) is 5.42. The van der Waals surface area contributed by atoms with Crippen molar-refractivity contribution in [3.8, 4) is 5.75 Å². The highest BCUT2D eigenvalue weighted by Gasteiger charge is 2.22. The summed E-state index contributed by atoms with van der Waals surface area (Å²) in [4.78, 5) is 10.9. The van der Waals surface area contributed by atoms with E-state index in [-0.39, 0.29) is 22.9 Å². The lowest BCUT2D eigenvalue weighted by Gasteiger charge is -2.21. The molecule has 1 aliphatic carbocycles. The van der Waals surface area contributed by atoms with Crippen LogP contribution < -0.4 is 4.72 Å². The van der Waals surface area contributed by atoms with Crippen molar-refractivity contribution < 1.29 is 23.4 Å². The predicted molar refractivity (Wildman–Crippen MR) is 79.1 cm³/mol. The Kier molecular flexibility index (Phi) is 4.72. The summed E-state index contributed by atoms with van der Waals surface area (Å²) in [7, 11) is -3.51. The quantitative estimate of drug-likeness (QED) is 0.724. The summed E-state index contributed by atoms with van der Waals surface area (Å²) in [5, 5.41) is 18.3. The number of rotatable bonds is 5. The Bertz CT molecular complexity index is 620. The average Bonchev–Trinajstić information content (AvgIpc) is 2.41. The standard InChI is InChI=1S/C14H19NO5S/c16-13-7-6-11(8-12(13)14(17)18)15-21(19,20)9-10-4-2-1-3-5-10/h6-8,10,15-16H,1-5,9H2,(H,17,18). The molecule has 0 spiro atoms. The maximum absolute atomic E-state index is 12.1. The highest BCUT2D eigenvalue weighted by molar-refractivity contribution is 7.92. The molecule has 0 radical (unpaired) electrons. The number of aromatic carboxylic acids is 1. The molecule has 1 aliphatic rings. The minimum Gasteiger partial charge on any atom is -0.507 e. The second kappa shape index (κ2) is 6.34. The molecule has 0 aromatic heterocycles. The molecule has 0 aliphatic heterocycles. The molecule has 0 heterocycles. The fourth-order valence-corrected chi connectivity index (χ4v) is 4.18. The lowest BCUT2D eigenvalue weighted by atomic mass is 9.91. The number of phenols is 1. The largest absolute Gasteiger partial charge is 0.507 e. The van der Waals surface area contributed by atoms with Crippen LogP contribution >= 0.6 is 0 Å². The lowest BCUT2D eigenvalue weighted by molar-refractivity contribution is 0.0694. The van der Waals surface area contributed by atoms with Gasteiger partial charge in [0.1, 0.15) is 11.3 Å². The molecule has 0 atom stereocenters. The highest BCUT2D eigenvalue weighted by atomic mass is 32.2. The Labute approximate surface area is 123 Å². The summed E-state index contributed by atoms with van der Waals surface area (Å²) in [5.74, 6) is -1.48. The van der Waals surface area contributed by atoms with E-state index in [2.05, 4.69) is 4.72 Å². The first-order chi connectivity index (χ1) is 9.87. The molecule has 0 saturated heterocycles. The minimum atomic E-state index is -3.51. The van der Waals surface area contributed by atoms with E-state index in [9.17, 15) is 18.3 Å². The molecule has 0 unspecified atom stereocenters. The number of carboxylic acid groups (broad SMARTS) is 1. The number of benzene rings is 1. The van der Waals surface area contributed by atoms with Crippen molar-refractivity contribution >= 4 is 21.7 Å². The number of carboxylic acids is 1. The van der Waals surface area contributed by atoms with Crippen molar-refractivity contribution in [3.63, 3.8) is 0 Å². The maximum atomic E-state index is 12.1. The fourth-order valence-electron chi connectivity index (χ4n) is 2.66. The predicted octanol–water partition coefficient (Wildman–Crippen LogP) is 2.41. The first-order valence-corrected chi connectivity index (χ1v) is 8.59. The molecule has 1 saturated carbocycles. The van der Waals surface area contributed by atoms with Crippen LogP contribution in [0.25, 0.3) is 0 Å². The highest BCUT2D eigenvalue weighted by Crippen LogP contribution is 2.26. The minimum absolute atomic E-state index is 0.0519. The van der Waals surface area contributed by atoms with E-state index in [0.29, 0.717) is 0 Å². The Balaban J connectivity index is 2.09. The Morgan fingerprint density at radius 3 is 2.52 bits per heavy atom. The summed E-state index contributed by atoms with van der Waals surface area (Å²) in [6.07, 6.45) is 5.10. The van der Waals surface area contributed by atoms with E-state index in [1.807, 2.05) is 0 Å². The van der Waals surface area contributed by atoms with Gasteiger partial charge in [-0.25, -0.2) is 13.2 Å². The topological polar surface area (TPSA) is 104 Å². The summed E-state index contributed by atoms with van der Waals surface area (Å²) >= 11 is 0. The monoisotopic (exact) mass is 313 g/mol. The first kappa shape index (κ1) is 15.6. The van der Waals surface area contributed by atoms with E-state index in [4.69, 9.17) is 5.11 Å². The van der Waals surface area contributed by atoms with Crippen molar-refractivity contribution in [2.45, 2.75) is 32.1 Å². The van der Waals surface area contributed by atoms with Gasteiger partial charge in [0.15, 0.2) is 0 Å². The zero-order chi connectivity index (χ0) is 15.5. The van der Waals surface area contributed by atoms with Gasteiger partial charge in [-0.05, 0) is 37.0 Å². The van der Waals surface area contributed by atoms with Crippen LogP contribution in [0.1, 0.15) is 42.5 Å². The van der Waals surface area contributed by atoms with Crippen LogP contribution in [0, 0.1) is 5.92 Å². The summed E-state index contributed by atoms with van der Waals surface area (Å²) in [6, 6.07) is 3.64. The average molecular weight is 313 g/mol. The van der Waals surface area contributed by atoms with Gasteiger partial charge < -0.3 is 10.2 Å². The third-order valence-electron chi connectivity index (χ3n) is 3.68. The molecule has 1 aromatic carbocycles. The van der Waals surface area contributed by atoms with Gasteiger partial charge in [0.2, 0.25) is 10.0 Å². The molecule has 7 heteroatoms. The fraction of sp³-hybridized carbons (Fsp3) is 0.500. The van der Waals surface area contributed by atoms with Gasteiger partial charge in [-0.2, -0.15) is 0 Å². The molecule has 116 valence electrons. The van der Waals surface area contributed by atoms with Crippen molar-refractivity contribution in [2.24, 2.45) is 5.92 Å². The smallest absolute Gasteiger partial charge is 0.339 e.